The van der Waals surface area contributed by atoms with E-state index in [0.29, 0.717) is 12.1 Å². The quantitative estimate of drug-likeness (QED) is 0.357. The molecular weight excluding hydrogens is 322 g/mol. The zero-order valence-corrected chi connectivity index (χ0v) is 14.4. The second kappa shape index (κ2) is 8.74. The summed E-state index contributed by atoms with van der Waals surface area (Å²) in [7, 11) is 0. The molecule has 0 aliphatic carbocycles. The van der Waals surface area contributed by atoms with Crippen molar-refractivity contribution in [2.75, 3.05) is 13.1 Å². The van der Waals surface area contributed by atoms with Crippen LogP contribution in [0.4, 0.5) is 0 Å². The van der Waals surface area contributed by atoms with Crippen LogP contribution in [0.2, 0.25) is 0 Å². The van der Waals surface area contributed by atoms with Crippen LogP contribution in [0.15, 0.2) is 59.7 Å². The minimum absolute atomic E-state index is 0.134. The van der Waals surface area contributed by atoms with Gasteiger partial charge in [-0.1, -0.05) is 47.3 Å². The fourth-order valence-corrected chi connectivity index (χ4v) is 3.33. The van der Waals surface area contributed by atoms with Crippen molar-refractivity contribution in [3.63, 3.8) is 0 Å². The van der Waals surface area contributed by atoms with E-state index in [2.05, 4.69) is 32.8 Å². The Balaban J connectivity index is 1.97. The predicted octanol–water partition coefficient (Wildman–Crippen LogP) is 4.43. The second-order valence-electron chi connectivity index (χ2n) is 6.22. The Morgan fingerprint density at radius 2 is 2.00 bits per heavy atom. The first-order valence-corrected chi connectivity index (χ1v) is 8.65. The molecule has 0 radical (unpaired) electrons. The lowest BCUT2D eigenvalue weighted by molar-refractivity contribution is 0.223. The van der Waals surface area contributed by atoms with Gasteiger partial charge in [0.2, 0.25) is 0 Å². The van der Waals surface area contributed by atoms with E-state index in [-0.39, 0.29) is 12.1 Å². The third-order valence-electron chi connectivity index (χ3n) is 4.57. The molecule has 0 unspecified atom stereocenters. The monoisotopic (exact) mass is 341 g/mol. The highest BCUT2D eigenvalue weighted by Gasteiger charge is 2.30. The molecule has 0 saturated carbocycles. The molecule has 0 spiro atoms. The van der Waals surface area contributed by atoms with Crippen LogP contribution in [-0.2, 0) is 0 Å². The van der Waals surface area contributed by atoms with Gasteiger partial charge in [-0.15, -0.1) is 0 Å². The average Bonchev–Trinajstić information content (AvgIpc) is 3.16. The lowest BCUT2D eigenvalue weighted by atomic mass is 10.0. The Hall–Kier alpha value is -3.24. The first-order chi connectivity index (χ1) is 12.8. The second-order valence-corrected chi connectivity index (χ2v) is 6.22. The fraction of sp³-hybridized carbons (Fsp3) is 0.286. The normalized spacial score (nSPS) is 17.4. The van der Waals surface area contributed by atoms with Gasteiger partial charge in [-0.2, -0.15) is 5.26 Å². The SMILES string of the molecule is N#Cc1cccc([C@@H](C#Cc2ccccc2)N2CCC[C@H]2CN=[N+]=[N-])c1. The molecule has 1 fully saturated rings. The van der Waals surface area contributed by atoms with Crippen molar-refractivity contribution in [3.8, 4) is 17.9 Å². The van der Waals surface area contributed by atoms with Gasteiger partial charge in [0.1, 0.15) is 0 Å². The van der Waals surface area contributed by atoms with Crippen LogP contribution >= 0.6 is 0 Å². The van der Waals surface area contributed by atoms with Gasteiger partial charge in [-0.25, -0.2) is 0 Å². The maximum absolute atomic E-state index is 9.23. The lowest BCUT2D eigenvalue weighted by Crippen LogP contribution is -2.34. The Morgan fingerprint density at radius 3 is 2.77 bits per heavy atom. The topological polar surface area (TPSA) is 75.8 Å². The average molecular weight is 341 g/mol. The molecule has 5 nitrogen and oxygen atoms in total. The van der Waals surface area contributed by atoms with Crippen molar-refractivity contribution in [2.45, 2.75) is 24.9 Å². The van der Waals surface area contributed by atoms with Gasteiger partial charge in [0, 0.05) is 23.1 Å². The molecule has 0 N–H and O–H groups in total. The summed E-state index contributed by atoms with van der Waals surface area (Å²) < 4.78 is 0. The zero-order valence-electron chi connectivity index (χ0n) is 14.4. The predicted molar refractivity (Wildman–Crippen MR) is 101 cm³/mol. The minimum Gasteiger partial charge on any atom is -0.283 e. The number of hydrogen-bond acceptors (Lipinski definition) is 3. The highest BCUT2D eigenvalue weighted by molar-refractivity contribution is 5.41. The maximum atomic E-state index is 9.23. The van der Waals surface area contributed by atoms with Crippen LogP contribution in [-0.4, -0.2) is 24.0 Å². The lowest BCUT2D eigenvalue weighted by Gasteiger charge is -2.29. The van der Waals surface area contributed by atoms with Crippen molar-refractivity contribution in [1.29, 1.82) is 5.26 Å². The standard InChI is InChI=1S/C21H19N5/c22-15-18-8-4-9-19(14-18)21(12-11-17-6-2-1-3-7-17)26-13-5-10-20(26)16-24-25-23/h1-4,6-9,14,20-21H,5,10,13,16H2/t20-,21+/m0/s1. The number of nitrogens with zero attached hydrogens (tertiary/aromatic N) is 5. The molecule has 1 aliphatic heterocycles. The number of hydrogen-bond donors (Lipinski definition) is 0. The van der Waals surface area contributed by atoms with Crippen molar-refractivity contribution < 1.29 is 0 Å². The van der Waals surface area contributed by atoms with Gasteiger partial charge in [-0.3, -0.25) is 4.90 Å². The van der Waals surface area contributed by atoms with Crippen LogP contribution in [0.3, 0.4) is 0 Å². The van der Waals surface area contributed by atoms with Gasteiger partial charge in [0.05, 0.1) is 17.7 Å². The Bertz CT molecular complexity index is 897. The van der Waals surface area contributed by atoms with Crippen molar-refractivity contribution in [3.05, 3.63) is 81.7 Å². The molecular formula is C21H19N5. The molecule has 3 rings (SSSR count). The van der Waals surface area contributed by atoms with E-state index in [9.17, 15) is 5.26 Å². The highest BCUT2D eigenvalue weighted by atomic mass is 15.2. The number of likely N-dealkylation sites (tertiary alicyclic amines) is 1. The molecule has 2 aromatic rings. The summed E-state index contributed by atoms with van der Waals surface area (Å²) in [4.78, 5) is 5.20. The largest absolute Gasteiger partial charge is 0.283 e. The van der Waals surface area contributed by atoms with Crippen molar-refractivity contribution in [2.24, 2.45) is 5.11 Å². The van der Waals surface area contributed by atoms with E-state index >= 15 is 0 Å². The van der Waals surface area contributed by atoms with E-state index in [0.717, 1.165) is 30.5 Å². The van der Waals surface area contributed by atoms with Crippen LogP contribution < -0.4 is 0 Å². The third kappa shape index (κ3) is 4.23. The molecule has 1 saturated heterocycles. The summed E-state index contributed by atoms with van der Waals surface area (Å²) in [6.07, 6.45) is 2.04. The maximum Gasteiger partial charge on any atom is 0.0991 e. The van der Waals surface area contributed by atoms with Crippen LogP contribution in [0.5, 0.6) is 0 Å². The molecule has 128 valence electrons. The van der Waals surface area contributed by atoms with Gasteiger partial charge in [0.25, 0.3) is 0 Å². The van der Waals surface area contributed by atoms with Gasteiger partial charge >= 0.3 is 0 Å². The summed E-state index contributed by atoms with van der Waals surface area (Å²) in [5.74, 6) is 6.64. The Labute approximate surface area is 153 Å². The van der Waals surface area contributed by atoms with Gasteiger partial charge < -0.3 is 0 Å². The summed E-state index contributed by atoms with van der Waals surface area (Å²) in [6.45, 7) is 1.34. The molecule has 26 heavy (non-hydrogen) atoms. The molecule has 1 aliphatic rings. The number of nitriles is 1. The number of rotatable bonds is 4. The summed E-state index contributed by atoms with van der Waals surface area (Å²) in [5.41, 5.74) is 11.2. The fourth-order valence-electron chi connectivity index (χ4n) is 3.33. The molecule has 0 bridgehead atoms. The molecule has 2 atom stereocenters. The van der Waals surface area contributed by atoms with E-state index in [1.54, 1.807) is 6.07 Å². The number of benzene rings is 2. The molecule has 0 aromatic heterocycles. The van der Waals surface area contributed by atoms with Crippen molar-refractivity contribution in [1.82, 2.24) is 4.90 Å². The van der Waals surface area contributed by atoms with E-state index in [1.165, 1.54) is 0 Å². The Morgan fingerprint density at radius 1 is 1.19 bits per heavy atom. The summed E-state index contributed by atoms with van der Waals surface area (Å²) in [6, 6.07) is 19.7. The first-order valence-electron chi connectivity index (χ1n) is 8.65. The van der Waals surface area contributed by atoms with E-state index < -0.39 is 0 Å². The van der Waals surface area contributed by atoms with Gasteiger partial charge in [-0.05, 0) is 54.7 Å². The third-order valence-corrected chi connectivity index (χ3v) is 4.57. The van der Waals surface area contributed by atoms with Crippen LogP contribution in [0.1, 0.15) is 35.6 Å². The molecule has 1 heterocycles. The highest BCUT2D eigenvalue weighted by Crippen LogP contribution is 2.30. The Kier molecular flexibility index (Phi) is 5.91. The molecule has 5 heteroatoms. The molecule has 0 amide bonds. The van der Waals surface area contributed by atoms with Crippen molar-refractivity contribution >= 4 is 0 Å². The zero-order chi connectivity index (χ0) is 18.2. The van der Waals surface area contributed by atoms with Crippen LogP contribution in [0, 0.1) is 23.2 Å². The minimum atomic E-state index is -0.134. The first kappa shape index (κ1) is 17.6. The summed E-state index contributed by atoms with van der Waals surface area (Å²) >= 11 is 0. The smallest absolute Gasteiger partial charge is 0.0991 e. The molecule has 2 aromatic carbocycles. The summed E-state index contributed by atoms with van der Waals surface area (Å²) in [5, 5.41) is 13.0. The van der Waals surface area contributed by atoms with Crippen LogP contribution in [0.25, 0.3) is 10.4 Å². The van der Waals surface area contributed by atoms with Gasteiger partial charge in [0.15, 0.2) is 0 Å². The number of azide groups is 1. The van der Waals surface area contributed by atoms with E-state index in [4.69, 9.17) is 5.53 Å². The van der Waals surface area contributed by atoms with E-state index in [1.807, 2.05) is 48.5 Å².